The van der Waals surface area contributed by atoms with Crippen LogP contribution in [0.5, 0.6) is 0 Å². The van der Waals surface area contributed by atoms with Gasteiger partial charge in [-0.3, -0.25) is 4.79 Å². The van der Waals surface area contributed by atoms with E-state index < -0.39 is 0 Å². The Kier molecular flexibility index (Phi) is 4.52. The van der Waals surface area contributed by atoms with Crippen molar-refractivity contribution >= 4 is 11.6 Å². The fourth-order valence-corrected chi connectivity index (χ4v) is 2.18. The van der Waals surface area contributed by atoms with Gasteiger partial charge >= 0.3 is 0 Å². The van der Waals surface area contributed by atoms with Gasteiger partial charge in [-0.15, -0.1) is 0 Å². The summed E-state index contributed by atoms with van der Waals surface area (Å²) in [5.74, 6) is 1.26. The van der Waals surface area contributed by atoms with Crippen molar-refractivity contribution in [2.75, 3.05) is 5.32 Å². The number of amides is 1. The Morgan fingerprint density at radius 1 is 1.26 bits per heavy atom. The highest BCUT2D eigenvalue weighted by molar-refractivity contribution is 5.90. The molecule has 0 spiro atoms. The third-order valence-corrected chi connectivity index (χ3v) is 3.39. The van der Waals surface area contributed by atoms with Gasteiger partial charge in [0.25, 0.3) is 0 Å². The summed E-state index contributed by atoms with van der Waals surface area (Å²) in [7, 11) is 0. The summed E-state index contributed by atoms with van der Waals surface area (Å²) in [5, 5.41) is 6.71. The number of nitrogens with zero attached hydrogens (tertiary/aromatic N) is 2. The van der Waals surface area contributed by atoms with Gasteiger partial charge in [0.15, 0.2) is 5.76 Å². The van der Waals surface area contributed by atoms with Crippen molar-refractivity contribution < 1.29 is 13.7 Å². The van der Waals surface area contributed by atoms with Crippen LogP contribution in [0.15, 0.2) is 51.6 Å². The van der Waals surface area contributed by atoms with E-state index in [4.69, 9.17) is 8.94 Å². The topological polar surface area (TPSA) is 81.2 Å². The van der Waals surface area contributed by atoms with Crippen LogP contribution in [0, 0.1) is 0 Å². The molecule has 1 N–H and O–H groups in total. The zero-order chi connectivity index (χ0) is 16.1. The van der Waals surface area contributed by atoms with Crippen molar-refractivity contribution in [3.63, 3.8) is 0 Å². The predicted octanol–water partition coefficient (Wildman–Crippen LogP) is 3.46. The molecule has 6 nitrogen and oxygen atoms in total. The van der Waals surface area contributed by atoms with Gasteiger partial charge in [-0.05, 0) is 36.2 Å². The minimum atomic E-state index is -0.0870. The molecule has 0 fully saturated rings. The molecular weight excluding hydrogens is 294 g/mol. The molecule has 0 aliphatic heterocycles. The van der Waals surface area contributed by atoms with Crippen molar-refractivity contribution in [2.45, 2.75) is 26.2 Å². The van der Waals surface area contributed by atoms with Gasteiger partial charge in [0.2, 0.25) is 17.6 Å². The molecule has 23 heavy (non-hydrogen) atoms. The molecule has 3 aromatic rings. The first kappa shape index (κ1) is 15.0. The second kappa shape index (κ2) is 6.91. The number of rotatable bonds is 6. The number of hydrogen-bond acceptors (Lipinski definition) is 5. The van der Waals surface area contributed by atoms with Crippen LogP contribution in [-0.2, 0) is 17.6 Å². The van der Waals surface area contributed by atoms with Gasteiger partial charge in [-0.2, -0.15) is 4.98 Å². The summed E-state index contributed by atoms with van der Waals surface area (Å²) in [4.78, 5) is 16.2. The molecule has 3 rings (SSSR count). The Morgan fingerprint density at radius 3 is 2.96 bits per heavy atom. The van der Waals surface area contributed by atoms with Crippen molar-refractivity contribution in [2.24, 2.45) is 0 Å². The summed E-state index contributed by atoms with van der Waals surface area (Å²) in [6.45, 7) is 2.08. The Bertz CT molecular complexity index is 778. The third-order valence-electron chi connectivity index (χ3n) is 3.39. The molecule has 0 unspecified atom stereocenters. The van der Waals surface area contributed by atoms with Gasteiger partial charge in [0.05, 0.1) is 6.26 Å². The summed E-state index contributed by atoms with van der Waals surface area (Å²) in [6, 6.07) is 11.3. The highest BCUT2D eigenvalue weighted by Gasteiger charge is 2.12. The van der Waals surface area contributed by atoms with E-state index in [0.29, 0.717) is 23.9 Å². The lowest BCUT2D eigenvalue weighted by Crippen LogP contribution is -2.12. The number of benzene rings is 1. The second-order valence-corrected chi connectivity index (χ2v) is 5.09. The molecule has 0 atom stereocenters. The first-order valence-electron chi connectivity index (χ1n) is 7.50. The lowest BCUT2D eigenvalue weighted by Gasteiger charge is -2.05. The van der Waals surface area contributed by atoms with Crippen LogP contribution in [0.4, 0.5) is 5.69 Å². The van der Waals surface area contributed by atoms with Crippen LogP contribution < -0.4 is 5.32 Å². The quantitative estimate of drug-likeness (QED) is 0.754. The Morgan fingerprint density at radius 2 is 2.17 bits per heavy atom. The Hall–Kier alpha value is -2.89. The van der Waals surface area contributed by atoms with E-state index in [1.54, 1.807) is 18.4 Å². The van der Waals surface area contributed by atoms with Crippen molar-refractivity contribution in [1.82, 2.24) is 10.1 Å². The smallest absolute Gasteiger partial charge is 0.238 e. The number of furan rings is 1. The zero-order valence-electron chi connectivity index (χ0n) is 12.8. The van der Waals surface area contributed by atoms with Crippen LogP contribution >= 0.6 is 0 Å². The zero-order valence-corrected chi connectivity index (χ0v) is 12.8. The van der Waals surface area contributed by atoms with Gasteiger partial charge in [-0.25, -0.2) is 0 Å². The molecule has 0 saturated carbocycles. The van der Waals surface area contributed by atoms with Crippen LogP contribution in [0.3, 0.4) is 0 Å². The van der Waals surface area contributed by atoms with Crippen LogP contribution in [-0.4, -0.2) is 16.0 Å². The van der Waals surface area contributed by atoms with Gasteiger partial charge in [0.1, 0.15) is 0 Å². The molecule has 1 amide bonds. The molecule has 0 bridgehead atoms. The average molecular weight is 311 g/mol. The molecule has 2 aromatic heterocycles. The van der Waals surface area contributed by atoms with Crippen LogP contribution in [0.1, 0.15) is 24.8 Å². The number of carbonyl (C=O) groups excluding carboxylic acids is 1. The lowest BCUT2D eigenvalue weighted by atomic mass is 10.1. The minimum Gasteiger partial charge on any atom is -0.461 e. The molecule has 0 saturated heterocycles. The number of carbonyl (C=O) groups is 1. The summed E-state index contributed by atoms with van der Waals surface area (Å²) < 4.78 is 10.3. The molecule has 118 valence electrons. The maximum atomic E-state index is 12.0. The molecular formula is C17H17N3O3. The molecule has 1 aromatic carbocycles. The molecule has 6 heteroatoms. The first-order chi connectivity index (χ1) is 11.2. The fraction of sp³-hybridized carbons (Fsp3) is 0.235. The SMILES string of the molecule is CCc1cccc(NC(=O)CCc2nc(-c3ccco3)no2)c1. The highest BCUT2D eigenvalue weighted by atomic mass is 16.5. The largest absolute Gasteiger partial charge is 0.461 e. The number of hydrogen-bond donors (Lipinski definition) is 1. The summed E-state index contributed by atoms with van der Waals surface area (Å²) in [5.41, 5.74) is 1.99. The standard InChI is InChI=1S/C17H17N3O3/c1-2-12-5-3-6-13(11-12)18-15(21)8-9-16-19-17(20-23-16)14-7-4-10-22-14/h3-7,10-11H,2,8-9H2,1H3,(H,18,21). The normalized spacial score (nSPS) is 10.7. The van der Waals surface area contributed by atoms with E-state index in [1.165, 1.54) is 5.56 Å². The third kappa shape index (κ3) is 3.85. The summed E-state index contributed by atoms with van der Waals surface area (Å²) in [6.07, 6.45) is 3.13. The minimum absolute atomic E-state index is 0.0870. The van der Waals surface area contributed by atoms with E-state index in [1.807, 2.05) is 24.3 Å². The van der Waals surface area contributed by atoms with E-state index in [2.05, 4.69) is 22.4 Å². The van der Waals surface area contributed by atoms with Gasteiger partial charge in [-0.1, -0.05) is 24.2 Å². The average Bonchev–Trinajstić information content (AvgIpc) is 3.24. The van der Waals surface area contributed by atoms with Gasteiger partial charge in [0, 0.05) is 18.5 Å². The number of aryl methyl sites for hydroxylation is 2. The van der Waals surface area contributed by atoms with E-state index in [-0.39, 0.29) is 12.3 Å². The number of aromatic nitrogens is 2. The predicted molar refractivity (Wildman–Crippen MR) is 84.8 cm³/mol. The lowest BCUT2D eigenvalue weighted by molar-refractivity contribution is -0.116. The van der Waals surface area contributed by atoms with Crippen molar-refractivity contribution in [3.8, 4) is 11.6 Å². The maximum absolute atomic E-state index is 12.0. The molecule has 0 aliphatic carbocycles. The highest BCUT2D eigenvalue weighted by Crippen LogP contribution is 2.16. The van der Waals surface area contributed by atoms with Crippen LogP contribution in [0.25, 0.3) is 11.6 Å². The molecule has 2 heterocycles. The van der Waals surface area contributed by atoms with Crippen molar-refractivity contribution in [3.05, 3.63) is 54.1 Å². The maximum Gasteiger partial charge on any atom is 0.238 e. The molecule has 0 radical (unpaired) electrons. The Balaban J connectivity index is 1.54. The van der Waals surface area contributed by atoms with E-state index >= 15 is 0 Å². The molecule has 0 aliphatic rings. The Labute approximate surface area is 133 Å². The fourth-order valence-electron chi connectivity index (χ4n) is 2.18. The van der Waals surface area contributed by atoms with Gasteiger partial charge < -0.3 is 14.3 Å². The van der Waals surface area contributed by atoms with E-state index in [9.17, 15) is 4.79 Å². The number of nitrogens with one attached hydrogen (secondary N) is 1. The van der Waals surface area contributed by atoms with Crippen LogP contribution in [0.2, 0.25) is 0 Å². The first-order valence-corrected chi connectivity index (χ1v) is 7.50. The monoisotopic (exact) mass is 311 g/mol. The van der Waals surface area contributed by atoms with E-state index in [0.717, 1.165) is 12.1 Å². The van der Waals surface area contributed by atoms with Crippen molar-refractivity contribution in [1.29, 1.82) is 0 Å². The second-order valence-electron chi connectivity index (χ2n) is 5.09. The number of anilines is 1. The summed E-state index contributed by atoms with van der Waals surface area (Å²) >= 11 is 0.